The van der Waals surface area contributed by atoms with Crippen molar-refractivity contribution >= 4 is 23.1 Å². The molecule has 0 bridgehead atoms. The van der Waals surface area contributed by atoms with Gasteiger partial charge in [0.2, 0.25) is 0 Å². The number of rotatable bonds is 6. The standard InChI is InChI=1S/C19H19N5O2/c1-12-6-5-8-14(10-12)22-18-15(17(20)25)11-21-19(23-18)26-24-16-9-4-3-7-13(16)2/h3-11,24H,1-2H3,(H2,20,25)(H,21,22,23). The lowest BCUT2D eigenvalue weighted by Gasteiger charge is -2.12. The summed E-state index contributed by atoms with van der Waals surface area (Å²) in [5.74, 6) is -0.349. The van der Waals surface area contributed by atoms with Crippen LogP contribution in [0.25, 0.3) is 0 Å². The summed E-state index contributed by atoms with van der Waals surface area (Å²) in [6, 6.07) is 15.4. The first kappa shape index (κ1) is 17.2. The zero-order chi connectivity index (χ0) is 18.5. The van der Waals surface area contributed by atoms with Crippen molar-refractivity contribution in [3.63, 3.8) is 0 Å². The van der Waals surface area contributed by atoms with E-state index in [-0.39, 0.29) is 17.4 Å². The van der Waals surface area contributed by atoms with Gasteiger partial charge in [-0.2, -0.15) is 4.98 Å². The Bertz CT molecular complexity index is 943. The fraction of sp³-hybridized carbons (Fsp3) is 0.105. The molecule has 1 heterocycles. The van der Waals surface area contributed by atoms with E-state index >= 15 is 0 Å². The van der Waals surface area contributed by atoms with Crippen molar-refractivity contribution in [3.8, 4) is 6.01 Å². The molecule has 4 N–H and O–H groups in total. The van der Waals surface area contributed by atoms with Gasteiger partial charge < -0.3 is 15.9 Å². The van der Waals surface area contributed by atoms with E-state index in [0.717, 1.165) is 22.5 Å². The SMILES string of the molecule is Cc1cccc(Nc2nc(ONc3ccccc3C)ncc2C(N)=O)c1. The lowest BCUT2D eigenvalue weighted by atomic mass is 10.2. The summed E-state index contributed by atoms with van der Waals surface area (Å²) in [5.41, 5.74) is 12.1. The van der Waals surface area contributed by atoms with Crippen LogP contribution in [0.3, 0.4) is 0 Å². The molecule has 0 atom stereocenters. The van der Waals surface area contributed by atoms with Crippen molar-refractivity contribution in [1.29, 1.82) is 0 Å². The second kappa shape index (κ2) is 7.52. The van der Waals surface area contributed by atoms with Crippen LogP contribution in [0.5, 0.6) is 6.01 Å². The minimum Gasteiger partial charge on any atom is -0.365 e. The lowest BCUT2D eigenvalue weighted by molar-refractivity contribution is 0.100. The van der Waals surface area contributed by atoms with Gasteiger partial charge in [-0.25, -0.2) is 10.5 Å². The number of para-hydroxylation sites is 1. The molecule has 3 aromatic rings. The number of nitrogens with zero attached hydrogens (tertiary/aromatic N) is 2. The summed E-state index contributed by atoms with van der Waals surface area (Å²) in [7, 11) is 0. The Morgan fingerprint density at radius 1 is 1.12 bits per heavy atom. The molecule has 2 aromatic carbocycles. The maximum Gasteiger partial charge on any atom is 0.344 e. The summed E-state index contributed by atoms with van der Waals surface area (Å²) in [4.78, 5) is 25.4. The quantitative estimate of drug-likeness (QED) is 0.590. The van der Waals surface area contributed by atoms with Crippen LogP contribution in [-0.4, -0.2) is 15.9 Å². The topological polar surface area (TPSA) is 102 Å². The van der Waals surface area contributed by atoms with Gasteiger partial charge in [0.25, 0.3) is 5.91 Å². The number of carbonyl (C=O) groups is 1. The molecule has 0 aliphatic heterocycles. The van der Waals surface area contributed by atoms with Gasteiger partial charge in [-0.15, -0.1) is 0 Å². The molecule has 0 aliphatic carbocycles. The number of aromatic nitrogens is 2. The molecule has 0 unspecified atom stereocenters. The van der Waals surface area contributed by atoms with Crippen molar-refractivity contribution in [2.45, 2.75) is 13.8 Å². The van der Waals surface area contributed by atoms with Gasteiger partial charge in [0, 0.05) is 11.9 Å². The van der Waals surface area contributed by atoms with Gasteiger partial charge in [0.05, 0.1) is 5.69 Å². The van der Waals surface area contributed by atoms with Crippen LogP contribution < -0.4 is 21.4 Å². The first-order valence-corrected chi connectivity index (χ1v) is 8.02. The van der Waals surface area contributed by atoms with E-state index in [1.54, 1.807) is 0 Å². The van der Waals surface area contributed by atoms with Crippen LogP contribution in [0.15, 0.2) is 54.7 Å². The molecule has 0 saturated heterocycles. The fourth-order valence-corrected chi connectivity index (χ4v) is 2.34. The highest BCUT2D eigenvalue weighted by Crippen LogP contribution is 2.21. The summed E-state index contributed by atoms with van der Waals surface area (Å²) in [6.07, 6.45) is 1.34. The van der Waals surface area contributed by atoms with Crippen LogP contribution in [-0.2, 0) is 0 Å². The van der Waals surface area contributed by atoms with E-state index < -0.39 is 5.91 Å². The fourth-order valence-electron chi connectivity index (χ4n) is 2.34. The Morgan fingerprint density at radius 3 is 2.65 bits per heavy atom. The second-order valence-corrected chi connectivity index (χ2v) is 5.79. The Balaban J connectivity index is 1.84. The van der Waals surface area contributed by atoms with E-state index in [2.05, 4.69) is 20.8 Å². The number of nitrogens with one attached hydrogen (secondary N) is 2. The number of nitrogens with two attached hydrogens (primary N) is 1. The molecule has 132 valence electrons. The smallest absolute Gasteiger partial charge is 0.344 e. The third-order valence-corrected chi connectivity index (χ3v) is 3.71. The highest BCUT2D eigenvalue weighted by Gasteiger charge is 2.13. The van der Waals surface area contributed by atoms with Crippen molar-refractivity contribution in [3.05, 3.63) is 71.4 Å². The van der Waals surface area contributed by atoms with Gasteiger partial charge in [0.15, 0.2) is 5.82 Å². The molecule has 0 saturated carbocycles. The Hall–Kier alpha value is -3.61. The number of anilines is 3. The van der Waals surface area contributed by atoms with E-state index in [1.807, 2.05) is 62.4 Å². The molecule has 0 radical (unpaired) electrons. The Labute approximate surface area is 151 Å². The number of hydrogen-bond donors (Lipinski definition) is 3. The van der Waals surface area contributed by atoms with Crippen LogP contribution in [0.2, 0.25) is 0 Å². The second-order valence-electron chi connectivity index (χ2n) is 5.79. The first-order valence-electron chi connectivity index (χ1n) is 8.02. The summed E-state index contributed by atoms with van der Waals surface area (Å²) in [6.45, 7) is 3.92. The average molecular weight is 349 g/mol. The number of aryl methyl sites for hydroxylation is 2. The highest BCUT2D eigenvalue weighted by molar-refractivity contribution is 5.97. The van der Waals surface area contributed by atoms with E-state index in [1.165, 1.54) is 6.20 Å². The molecule has 7 nitrogen and oxygen atoms in total. The molecular formula is C19H19N5O2. The van der Waals surface area contributed by atoms with Crippen molar-refractivity contribution < 1.29 is 9.63 Å². The molecule has 3 rings (SSSR count). The molecule has 1 amide bonds. The van der Waals surface area contributed by atoms with Gasteiger partial charge in [0.1, 0.15) is 5.56 Å². The van der Waals surface area contributed by atoms with Crippen molar-refractivity contribution in [2.75, 3.05) is 10.8 Å². The highest BCUT2D eigenvalue weighted by atomic mass is 16.7. The third-order valence-electron chi connectivity index (χ3n) is 3.71. The minimum absolute atomic E-state index is 0.0633. The van der Waals surface area contributed by atoms with Crippen LogP contribution in [0.4, 0.5) is 17.2 Å². The third kappa shape index (κ3) is 4.07. The molecule has 1 aromatic heterocycles. The number of benzene rings is 2. The number of amides is 1. The van der Waals surface area contributed by atoms with Crippen molar-refractivity contribution in [1.82, 2.24) is 9.97 Å². The molecule has 0 aliphatic rings. The number of hydrogen-bond acceptors (Lipinski definition) is 6. The Morgan fingerprint density at radius 2 is 1.92 bits per heavy atom. The van der Waals surface area contributed by atoms with Crippen molar-refractivity contribution in [2.24, 2.45) is 5.73 Å². The maximum atomic E-state index is 11.7. The van der Waals surface area contributed by atoms with Gasteiger partial charge in [-0.05, 0) is 43.2 Å². The number of carbonyl (C=O) groups excluding carboxylic acids is 1. The van der Waals surface area contributed by atoms with Crippen LogP contribution in [0.1, 0.15) is 21.5 Å². The average Bonchev–Trinajstić information content (AvgIpc) is 2.61. The number of primary amides is 1. The van der Waals surface area contributed by atoms with Crippen LogP contribution >= 0.6 is 0 Å². The maximum absolute atomic E-state index is 11.7. The molecule has 7 heteroatoms. The largest absolute Gasteiger partial charge is 0.365 e. The lowest BCUT2D eigenvalue weighted by Crippen LogP contribution is -2.16. The molecule has 0 fully saturated rings. The zero-order valence-corrected chi connectivity index (χ0v) is 14.5. The summed E-state index contributed by atoms with van der Waals surface area (Å²) < 4.78 is 0. The van der Waals surface area contributed by atoms with Crippen LogP contribution in [0, 0.1) is 13.8 Å². The zero-order valence-electron chi connectivity index (χ0n) is 14.5. The first-order chi connectivity index (χ1) is 12.5. The van der Waals surface area contributed by atoms with E-state index in [0.29, 0.717) is 0 Å². The molecule has 26 heavy (non-hydrogen) atoms. The van der Waals surface area contributed by atoms with E-state index in [9.17, 15) is 4.79 Å². The van der Waals surface area contributed by atoms with Gasteiger partial charge >= 0.3 is 6.01 Å². The summed E-state index contributed by atoms with van der Waals surface area (Å²) >= 11 is 0. The Kier molecular flexibility index (Phi) is 4.98. The predicted octanol–water partition coefficient (Wildman–Crippen LogP) is 3.34. The minimum atomic E-state index is -0.626. The van der Waals surface area contributed by atoms with Gasteiger partial charge in [-0.3, -0.25) is 4.79 Å². The monoisotopic (exact) mass is 349 g/mol. The molecule has 0 spiro atoms. The normalized spacial score (nSPS) is 10.2. The van der Waals surface area contributed by atoms with E-state index in [4.69, 9.17) is 10.6 Å². The predicted molar refractivity (Wildman–Crippen MR) is 100 cm³/mol. The van der Waals surface area contributed by atoms with Gasteiger partial charge in [-0.1, -0.05) is 30.3 Å². The summed E-state index contributed by atoms with van der Waals surface area (Å²) in [5, 5.41) is 3.08. The molecular weight excluding hydrogens is 330 g/mol.